The minimum atomic E-state index is -0.238. The van der Waals surface area contributed by atoms with Crippen molar-refractivity contribution in [3.05, 3.63) is 6.33 Å². The van der Waals surface area contributed by atoms with Crippen molar-refractivity contribution in [2.75, 3.05) is 5.73 Å². The van der Waals surface area contributed by atoms with Crippen LogP contribution in [0, 0.1) is 12.3 Å². The van der Waals surface area contributed by atoms with Gasteiger partial charge in [-0.05, 0) is 6.42 Å². The van der Waals surface area contributed by atoms with E-state index in [9.17, 15) is 4.79 Å². The Morgan fingerprint density at radius 1 is 1.87 bits per heavy atom. The maximum atomic E-state index is 11.4. The van der Waals surface area contributed by atoms with Crippen LogP contribution < -0.4 is 11.1 Å². The molecular formula is C9H13N5O. The van der Waals surface area contributed by atoms with E-state index in [1.807, 2.05) is 6.92 Å². The fraction of sp³-hybridized carbons (Fsp3) is 0.444. The van der Waals surface area contributed by atoms with E-state index in [2.05, 4.69) is 21.3 Å². The van der Waals surface area contributed by atoms with Crippen molar-refractivity contribution in [3.8, 4) is 12.3 Å². The summed E-state index contributed by atoms with van der Waals surface area (Å²) in [5, 5.41) is 6.45. The normalized spacial score (nSPS) is 11.7. The molecule has 3 N–H and O–H groups in total. The molecule has 0 fully saturated rings. The van der Waals surface area contributed by atoms with E-state index in [1.54, 1.807) is 0 Å². The summed E-state index contributed by atoms with van der Waals surface area (Å²) in [6.45, 7) is 1.97. The van der Waals surface area contributed by atoms with Gasteiger partial charge in [0.2, 0.25) is 11.9 Å². The van der Waals surface area contributed by atoms with Gasteiger partial charge in [-0.1, -0.05) is 12.8 Å². The number of nitrogens with two attached hydrogens (primary N) is 1. The molecule has 1 unspecified atom stereocenters. The molecule has 0 aromatic carbocycles. The van der Waals surface area contributed by atoms with Crippen LogP contribution in [0.4, 0.5) is 5.95 Å². The topological polar surface area (TPSA) is 85.8 Å². The van der Waals surface area contributed by atoms with Gasteiger partial charge in [0.15, 0.2) is 0 Å². The number of nitrogens with one attached hydrogen (secondary N) is 1. The number of nitrogen functional groups attached to an aromatic ring is 1. The number of nitrogens with zero attached hydrogens (tertiary/aromatic N) is 3. The quantitative estimate of drug-likeness (QED) is 0.645. The van der Waals surface area contributed by atoms with Gasteiger partial charge in [0.05, 0.1) is 6.04 Å². The van der Waals surface area contributed by atoms with Gasteiger partial charge >= 0.3 is 0 Å². The van der Waals surface area contributed by atoms with Crippen molar-refractivity contribution in [1.29, 1.82) is 0 Å². The van der Waals surface area contributed by atoms with Gasteiger partial charge in [-0.2, -0.15) is 0 Å². The Labute approximate surface area is 87.9 Å². The lowest BCUT2D eigenvalue weighted by atomic mass is 10.2. The van der Waals surface area contributed by atoms with E-state index in [0.717, 1.165) is 0 Å². The van der Waals surface area contributed by atoms with E-state index in [0.29, 0.717) is 6.42 Å². The summed E-state index contributed by atoms with van der Waals surface area (Å²) in [5.41, 5.74) is 5.30. The first-order valence-electron chi connectivity index (χ1n) is 4.56. The summed E-state index contributed by atoms with van der Waals surface area (Å²) >= 11 is 0. The van der Waals surface area contributed by atoms with Crippen LogP contribution in [0.25, 0.3) is 0 Å². The molecule has 0 saturated heterocycles. The Balaban J connectivity index is 2.46. The lowest BCUT2D eigenvalue weighted by molar-refractivity contribution is -0.122. The number of terminal acetylenes is 1. The van der Waals surface area contributed by atoms with Crippen LogP contribution in [-0.2, 0) is 11.3 Å². The van der Waals surface area contributed by atoms with Crippen LogP contribution in [0.1, 0.15) is 13.3 Å². The average molecular weight is 207 g/mol. The summed E-state index contributed by atoms with van der Waals surface area (Å²) in [4.78, 5) is 15.1. The zero-order valence-electron chi connectivity index (χ0n) is 8.47. The number of anilines is 1. The Morgan fingerprint density at radius 2 is 2.60 bits per heavy atom. The highest BCUT2D eigenvalue weighted by molar-refractivity contribution is 5.76. The Morgan fingerprint density at radius 3 is 3.07 bits per heavy atom. The molecule has 1 atom stereocenters. The van der Waals surface area contributed by atoms with E-state index in [4.69, 9.17) is 12.2 Å². The number of hydrogen-bond acceptors (Lipinski definition) is 4. The first kappa shape index (κ1) is 11.0. The third-order valence-corrected chi connectivity index (χ3v) is 1.80. The third kappa shape index (κ3) is 3.31. The molecule has 80 valence electrons. The molecule has 6 heteroatoms. The molecule has 0 spiro atoms. The Bertz CT molecular complexity index is 378. The molecule has 6 nitrogen and oxygen atoms in total. The molecule has 15 heavy (non-hydrogen) atoms. The summed E-state index contributed by atoms with van der Waals surface area (Å²) < 4.78 is 1.36. The molecule has 0 aliphatic rings. The first-order chi connectivity index (χ1) is 7.15. The van der Waals surface area contributed by atoms with Crippen molar-refractivity contribution in [3.63, 3.8) is 0 Å². The summed E-state index contributed by atoms with van der Waals surface area (Å²) in [6.07, 6.45) is 7.30. The van der Waals surface area contributed by atoms with Gasteiger partial charge < -0.3 is 11.1 Å². The predicted molar refractivity (Wildman–Crippen MR) is 55.5 cm³/mol. The second kappa shape index (κ2) is 5.00. The van der Waals surface area contributed by atoms with Gasteiger partial charge in [-0.25, -0.2) is 9.67 Å². The molecule has 1 amide bonds. The summed E-state index contributed by atoms with van der Waals surface area (Å²) in [7, 11) is 0. The monoisotopic (exact) mass is 207 g/mol. The average Bonchev–Trinajstić information content (AvgIpc) is 2.60. The zero-order chi connectivity index (χ0) is 11.3. The number of rotatable bonds is 4. The highest BCUT2D eigenvalue weighted by Crippen LogP contribution is 1.91. The van der Waals surface area contributed by atoms with Crippen LogP contribution in [-0.4, -0.2) is 26.7 Å². The van der Waals surface area contributed by atoms with Crippen LogP contribution in [0.5, 0.6) is 0 Å². The molecule has 1 heterocycles. The smallest absolute Gasteiger partial charge is 0.242 e. The van der Waals surface area contributed by atoms with E-state index in [1.165, 1.54) is 11.0 Å². The minimum absolute atomic E-state index is 0.0718. The molecule has 0 aliphatic carbocycles. The maximum absolute atomic E-state index is 11.4. The summed E-state index contributed by atoms with van der Waals surface area (Å²) in [6, 6.07) is -0.238. The van der Waals surface area contributed by atoms with Crippen molar-refractivity contribution in [2.45, 2.75) is 25.9 Å². The number of hydrogen-bond donors (Lipinski definition) is 2. The zero-order valence-corrected chi connectivity index (χ0v) is 8.47. The molecular weight excluding hydrogens is 194 g/mol. The van der Waals surface area contributed by atoms with Crippen molar-refractivity contribution < 1.29 is 4.79 Å². The SMILES string of the molecule is C#CC(CC)NC(=O)Cn1cnc(N)n1. The van der Waals surface area contributed by atoms with Crippen LogP contribution in [0.3, 0.4) is 0 Å². The predicted octanol–water partition coefficient (Wildman–Crippen LogP) is -0.612. The highest BCUT2D eigenvalue weighted by Gasteiger charge is 2.08. The van der Waals surface area contributed by atoms with E-state index >= 15 is 0 Å². The van der Waals surface area contributed by atoms with Crippen LogP contribution in [0.2, 0.25) is 0 Å². The lowest BCUT2D eigenvalue weighted by Crippen LogP contribution is -2.35. The van der Waals surface area contributed by atoms with Crippen LogP contribution in [0.15, 0.2) is 6.33 Å². The van der Waals surface area contributed by atoms with Gasteiger partial charge in [0.1, 0.15) is 12.9 Å². The van der Waals surface area contributed by atoms with Gasteiger partial charge in [0, 0.05) is 0 Å². The molecule has 1 rings (SSSR count). The Hall–Kier alpha value is -2.03. The standard InChI is InChI=1S/C9H13N5O/c1-3-7(4-2)12-8(15)5-14-6-11-9(10)13-14/h1,6-7H,4-5H2,2H3,(H2,10,13)(H,12,15). The highest BCUT2D eigenvalue weighted by atomic mass is 16.2. The molecule has 1 aromatic rings. The van der Waals surface area contributed by atoms with Crippen molar-refractivity contribution in [2.24, 2.45) is 0 Å². The van der Waals surface area contributed by atoms with E-state index < -0.39 is 0 Å². The summed E-state index contributed by atoms with van der Waals surface area (Å²) in [5.74, 6) is 2.41. The first-order valence-corrected chi connectivity index (χ1v) is 4.56. The lowest BCUT2D eigenvalue weighted by Gasteiger charge is -2.09. The molecule has 0 radical (unpaired) electrons. The van der Waals surface area contributed by atoms with E-state index in [-0.39, 0.29) is 24.4 Å². The fourth-order valence-corrected chi connectivity index (χ4v) is 1.03. The Kier molecular flexibility index (Phi) is 3.68. The van der Waals surface area contributed by atoms with Gasteiger partial charge in [-0.3, -0.25) is 4.79 Å². The largest absolute Gasteiger partial charge is 0.367 e. The number of carbonyl (C=O) groups is 1. The second-order valence-corrected chi connectivity index (χ2v) is 3.00. The maximum Gasteiger partial charge on any atom is 0.242 e. The van der Waals surface area contributed by atoms with Gasteiger partial charge in [0.25, 0.3) is 0 Å². The molecule has 1 aromatic heterocycles. The minimum Gasteiger partial charge on any atom is -0.367 e. The second-order valence-electron chi connectivity index (χ2n) is 3.00. The molecule has 0 aliphatic heterocycles. The molecule has 0 bridgehead atoms. The number of amides is 1. The number of carbonyl (C=O) groups excluding carboxylic acids is 1. The molecule has 0 saturated carbocycles. The third-order valence-electron chi connectivity index (χ3n) is 1.80. The van der Waals surface area contributed by atoms with Crippen molar-refractivity contribution >= 4 is 11.9 Å². The fourth-order valence-electron chi connectivity index (χ4n) is 1.03. The van der Waals surface area contributed by atoms with Crippen molar-refractivity contribution in [1.82, 2.24) is 20.1 Å². The van der Waals surface area contributed by atoms with Gasteiger partial charge in [-0.15, -0.1) is 11.5 Å². The van der Waals surface area contributed by atoms with Crippen LogP contribution >= 0.6 is 0 Å². The number of aromatic nitrogens is 3.